The van der Waals surface area contributed by atoms with E-state index in [1.807, 2.05) is 61.5 Å². The van der Waals surface area contributed by atoms with Crippen molar-refractivity contribution in [2.75, 3.05) is 0 Å². The number of aromatic nitrogens is 4. The van der Waals surface area contributed by atoms with E-state index in [4.69, 9.17) is 12.2 Å². The Morgan fingerprint density at radius 1 is 1.19 bits per heavy atom. The van der Waals surface area contributed by atoms with Gasteiger partial charge >= 0.3 is 0 Å². The van der Waals surface area contributed by atoms with Crippen LogP contribution >= 0.6 is 12.2 Å². The van der Waals surface area contributed by atoms with Crippen molar-refractivity contribution in [3.63, 3.8) is 0 Å². The summed E-state index contributed by atoms with van der Waals surface area (Å²) in [6, 6.07) is 18.0. The predicted molar refractivity (Wildman–Crippen MR) is 108 cm³/mol. The van der Waals surface area contributed by atoms with Crippen LogP contribution in [0.3, 0.4) is 0 Å². The van der Waals surface area contributed by atoms with Crippen molar-refractivity contribution in [3.05, 3.63) is 70.6 Å². The van der Waals surface area contributed by atoms with Gasteiger partial charge in [0.15, 0.2) is 10.6 Å². The second-order valence-electron chi connectivity index (χ2n) is 6.46. The van der Waals surface area contributed by atoms with Crippen LogP contribution in [0.5, 0.6) is 0 Å². The Morgan fingerprint density at radius 3 is 2.74 bits per heavy atom. The Bertz CT molecular complexity index is 1120. The standard InChI is InChI=1S/C20H19N5OS/c1-13-6-8-14(9-7-13)19-23-24-20(27)25(19)12-18(26)21-11-16-10-15-4-2-3-5-17(15)22-16/h2-10,22H,11-12H2,1H3,(H,21,26)(H,24,27). The van der Waals surface area contributed by atoms with Crippen LogP contribution in [-0.4, -0.2) is 25.7 Å². The molecule has 4 aromatic rings. The molecule has 0 fully saturated rings. The number of hydrogen-bond acceptors (Lipinski definition) is 3. The number of para-hydroxylation sites is 1. The van der Waals surface area contributed by atoms with E-state index >= 15 is 0 Å². The maximum Gasteiger partial charge on any atom is 0.240 e. The van der Waals surface area contributed by atoms with Gasteiger partial charge in [-0.2, -0.15) is 5.10 Å². The molecule has 2 aromatic carbocycles. The zero-order chi connectivity index (χ0) is 18.8. The number of nitrogens with zero attached hydrogens (tertiary/aromatic N) is 2. The Labute approximate surface area is 161 Å². The Hall–Kier alpha value is -3.19. The monoisotopic (exact) mass is 377 g/mol. The van der Waals surface area contributed by atoms with Crippen molar-refractivity contribution in [1.29, 1.82) is 0 Å². The van der Waals surface area contributed by atoms with Gasteiger partial charge in [0.25, 0.3) is 0 Å². The lowest BCUT2D eigenvalue weighted by atomic mass is 10.1. The van der Waals surface area contributed by atoms with Crippen LogP contribution in [0.15, 0.2) is 54.6 Å². The van der Waals surface area contributed by atoms with E-state index in [2.05, 4.69) is 20.5 Å². The first-order valence-electron chi connectivity index (χ1n) is 8.66. The number of fused-ring (bicyclic) bond motifs is 1. The fourth-order valence-corrected chi connectivity index (χ4v) is 3.21. The van der Waals surface area contributed by atoms with E-state index in [9.17, 15) is 4.79 Å². The molecule has 136 valence electrons. The van der Waals surface area contributed by atoms with Gasteiger partial charge in [-0.3, -0.25) is 14.5 Å². The predicted octanol–water partition coefficient (Wildman–Crippen LogP) is 3.71. The highest BCUT2D eigenvalue weighted by atomic mass is 32.1. The van der Waals surface area contributed by atoms with Crippen LogP contribution in [0.25, 0.3) is 22.3 Å². The van der Waals surface area contributed by atoms with Gasteiger partial charge in [0.2, 0.25) is 5.91 Å². The van der Waals surface area contributed by atoms with E-state index in [0.717, 1.165) is 27.7 Å². The number of aromatic amines is 2. The fraction of sp³-hybridized carbons (Fsp3) is 0.150. The summed E-state index contributed by atoms with van der Waals surface area (Å²) in [6.45, 7) is 2.57. The number of H-pyrrole nitrogens is 2. The van der Waals surface area contributed by atoms with Gasteiger partial charge in [-0.15, -0.1) is 0 Å². The molecule has 0 aliphatic carbocycles. The van der Waals surface area contributed by atoms with E-state index in [1.165, 1.54) is 0 Å². The third-order valence-electron chi connectivity index (χ3n) is 4.43. The smallest absolute Gasteiger partial charge is 0.240 e. The summed E-state index contributed by atoms with van der Waals surface area (Å²) < 4.78 is 2.13. The van der Waals surface area contributed by atoms with Crippen molar-refractivity contribution in [2.45, 2.75) is 20.0 Å². The van der Waals surface area contributed by atoms with Crippen LogP contribution in [0.2, 0.25) is 0 Å². The maximum absolute atomic E-state index is 12.5. The molecule has 0 unspecified atom stereocenters. The van der Waals surface area contributed by atoms with Crippen LogP contribution in [0.4, 0.5) is 0 Å². The molecular formula is C20H19N5OS. The van der Waals surface area contributed by atoms with Crippen LogP contribution in [0, 0.1) is 11.7 Å². The zero-order valence-electron chi connectivity index (χ0n) is 14.8. The van der Waals surface area contributed by atoms with Gasteiger partial charge in [0, 0.05) is 16.8 Å². The number of nitrogens with one attached hydrogen (secondary N) is 3. The molecule has 0 radical (unpaired) electrons. The molecule has 3 N–H and O–H groups in total. The second-order valence-corrected chi connectivity index (χ2v) is 6.85. The highest BCUT2D eigenvalue weighted by Gasteiger charge is 2.12. The van der Waals surface area contributed by atoms with E-state index < -0.39 is 0 Å². The van der Waals surface area contributed by atoms with Crippen molar-refractivity contribution in [1.82, 2.24) is 25.1 Å². The van der Waals surface area contributed by atoms with E-state index in [0.29, 0.717) is 17.1 Å². The first-order valence-corrected chi connectivity index (χ1v) is 9.06. The van der Waals surface area contributed by atoms with Crippen molar-refractivity contribution in [3.8, 4) is 11.4 Å². The average Bonchev–Trinajstić information content (AvgIpc) is 3.24. The fourth-order valence-electron chi connectivity index (χ4n) is 3.01. The zero-order valence-corrected chi connectivity index (χ0v) is 15.6. The molecule has 0 aliphatic heterocycles. The third kappa shape index (κ3) is 3.68. The number of carbonyl (C=O) groups is 1. The minimum absolute atomic E-state index is 0.110. The second kappa shape index (κ2) is 7.20. The van der Waals surface area contributed by atoms with Crippen molar-refractivity contribution in [2.24, 2.45) is 0 Å². The normalized spacial score (nSPS) is 11.0. The summed E-state index contributed by atoms with van der Waals surface area (Å²) in [5.74, 6) is 0.528. The third-order valence-corrected chi connectivity index (χ3v) is 4.74. The molecule has 6 nitrogen and oxygen atoms in total. The highest BCUT2D eigenvalue weighted by Crippen LogP contribution is 2.18. The van der Waals surface area contributed by atoms with Crippen LogP contribution in [0.1, 0.15) is 11.3 Å². The molecule has 2 heterocycles. The molecule has 0 spiro atoms. The molecular weight excluding hydrogens is 358 g/mol. The number of hydrogen-bond donors (Lipinski definition) is 3. The SMILES string of the molecule is Cc1ccc(-c2n[nH]c(=S)n2CC(=O)NCc2cc3ccccc3[nH]2)cc1. The average molecular weight is 377 g/mol. The quantitative estimate of drug-likeness (QED) is 0.464. The van der Waals surface area contributed by atoms with Gasteiger partial charge in [0.05, 0.1) is 6.54 Å². The largest absolute Gasteiger partial charge is 0.357 e. The molecule has 0 bridgehead atoms. The number of rotatable bonds is 5. The van der Waals surface area contributed by atoms with Gasteiger partial charge < -0.3 is 10.3 Å². The molecule has 0 atom stereocenters. The summed E-state index contributed by atoms with van der Waals surface area (Å²) in [7, 11) is 0. The van der Waals surface area contributed by atoms with Crippen LogP contribution in [-0.2, 0) is 17.9 Å². The minimum Gasteiger partial charge on any atom is -0.357 e. The van der Waals surface area contributed by atoms with Gasteiger partial charge in [0.1, 0.15) is 6.54 Å². The number of carbonyl (C=O) groups excluding carboxylic acids is 1. The first kappa shape index (κ1) is 17.2. The minimum atomic E-state index is -0.125. The lowest BCUT2D eigenvalue weighted by Gasteiger charge is -2.08. The summed E-state index contributed by atoms with van der Waals surface area (Å²) in [6.07, 6.45) is 0. The number of aryl methyl sites for hydroxylation is 1. The molecule has 0 saturated heterocycles. The van der Waals surface area contributed by atoms with Crippen LogP contribution < -0.4 is 5.32 Å². The first-order chi connectivity index (χ1) is 13.1. The number of benzene rings is 2. The van der Waals surface area contributed by atoms with Gasteiger partial charge in [-0.25, -0.2) is 0 Å². The molecule has 0 saturated carbocycles. The van der Waals surface area contributed by atoms with E-state index in [-0.39, 0.29) is 12.5 Å². The van der Waals surface area contributed by atoms with E-state index in [1.54, 1.807) is 4.57 Å². The molecule has 2 aromatic heterocycles. The highest BCUT2D eigenvalue weighted by molar-refractivity contribution is 7.71. The summed E-state index contributed by atoms with van der Waals surface area (Å²) in [5, 5.41) is 11.1. The molecule has 0 aliphatic rings. The molecule has 7 heteroatoms. The molecule has 4 rings (SSSR count). The van der Waals surface area contributed by atoms with Crippen molar-refractivity contribution < 1.29 is 4.79 Å². The maximum atomic E-state index is 12.5. The Balaban J connectivity index is 1.47. The molecule has 1 amide bonds. The summed E-state index contributed by atoms with van der Waals surface area (Å²) in [4.78, 5) is 15.8. The summed E-state index contributed by atoms with van der Waals surface area (Å²) >= 11 is 5.30. The summed E-state index contributed by atoms with van der Waals surface area (Å²) in [5.41, 5.74) is 4.09. The number of amides is 1. The van der Waals surface area contributed by atoms with Gasteiger partial charge in [-0.05, 0) is 36.7 Å². The lowest BCUT2D eigenvalue weighted by Crippen LogP contribution is -2.27. The van der Waals surface area contributed by atoms with Gasteiger partial charge in [-0.1, -0.05) is 48.0 Å². The Kier molecular flexibility index (Phi) is 4.60. The topological polar surface area (TPSA) is 78.5 Å². The lowest BCUT2D eigenvalue weighted by molar-refractivity contribution is -0.121. The molecule has 27 heavy (non-hydrogen) atoms. The Morgan fingerprint density at radius 2 is 1.96 bits per heavy atom. The van der Waals surface area contributed by atoms with Crippen molar-refractivity contribution >= 4 is 29.0 Å².